The Bertz CT molecular complexity index is 363. The third-order valence-corrected chi connectivity index (χ3v) is 4.13. The molecule has 90 valence electrons. The number of halogens is 1. The van der Waals surface area contributed by atoms with Crippen molar-refractivity contribution >= 4 is 33.2 Å². The summed E-state index contributed by atoms with van der Waals surface area (Å²) in [5, 5.41) is 4.94. The van der Waals surface area contributed by atoms with E-state index in [2.05, 4.69) is 21.2 Å². The standard InChI is InChI=1S/C11H17BrN2OS/c1-11(2,3-4-13)10(15)14-6-9-5-8(12)7-16-9/h5,7H,3-4,6,13H2,1-2H3,(H,14,15). The van der Waals surface area contributed by atoms with Crippen molar-refractivity contribution in [3.05, 3.63) is 20.8 Å². The quantitative estimate of drug-likeness (QED) is 0.878. The summed E-state index contributed by atoms with van der Waals surface area (Å²) in [5.41, 5.74) is 5.09. The number of hydrogen-bond donors (Lipinski definition) is 2. The Balaban J connectivity index is 2.46. The van der Waals surface area contributed by atoms with Crippen LogP contribution in [-0.4, -0.2) is 12.5 Å². The molecule has 1 aromatic heterocycles. The van der Waals surface area contributed by atoms with Gasteiger partial charge in [0, 0.05) is 20.1 Å². The number of nitrogens with two attached hydrogens (primary N) is 1. The van der Waals surface area contributed by atoms with Crippen molar-refractivity contribution in [1.82, 2.24) is 5.32 Å². The molecule has 0 aliphatic heterocycles. The highest BCUT2D eigenvalue weighted by Crippen LogP contribution is 2.22. The zero-order valence-electron chi connectivity index (χ0n) is 9.55. The molecule has 0 aliphatic rings. The third-order valence-electron chi connectivity index (χ3n) is 2.43. The molecular formula is C11H17BrN2OS. The molecule has 0 spiro atoms. The monoisotopic (exact) mass is 304 g/mol. The van der Waals surface area contributed by atoms with Crippen LogP contribution in [0.5, 0.6) is 0 Å². The Morgan fingerprint density at radius 2 is 2.31 bits per heavy atom. The SMILES string of the molecule is CC(C)(CCN)C(=O)NCc1cc(Br)cs1. The van der Waals surface area contributed by atoms with E-state index in [-0.39, 0.29) is 11.3 Å². The third kappa shape index (κ3) is 3.88. The van der Waals surface area contributed by atoms with Gasteiger partial charge in [0.1, 0.15) is 0 Å². The van der Waals surface area contributed by atoms with E-state index >= 15 is 0 Å². The van der Waals surface area contributed by atoms with Crippen molar-refractivity contribution < 1.29 is 4.79 Å². The molecule has 0 aromatic carbocycles. The number of carbonyl (C=O) groups is 1. The lowest BCUT2D eigenvalue weighted by Crippen LogP contribution is -2.37. The van der Waals surface area contributed by atoms with Gasteiger partial charge in [0.05, 0.1) is 6.54 Å². The molecular weight excluding hydrogens is 288 g/mol. The topological polar surface area (TPSA) is 55.1 Å². The summed E-state index contributed by atoms with van der Waals surface area (Å²) in [7, 11) is 0. The lowest BCUT2D eigenvalue weighted by molar-refractivity contribution is -0.129. The van der Waals surface area contributed by atoms with Gasteiger partial charge in [0.2, 0.25) is 5.91 Å². The Morgan fingerprint density at radius 1 is 1.62 bits per heavy atom. The van der Waals surface area contributed by atoms with Crippen LogP contribution in [0.4, 0.5) is 0 Å². The first-order chi connectivity index (χ1) is 7.45. The summed E-state index contributed by atoms with van der Waals surface area (Å²) >= 11 is 5.01. The fourth-order valence-electron chi connectivity index (χ4n) is 1.33. The Hall–Kier alpha value is -0.390. The first-order valence-corrected chi connectivity index (χ1v) is 6.84. The molecule has 3 nitrogen and oxygen atoms in total. The van der Waals surface area contributed by atoms with Crippen molar-refractivity contribution in [2.24, 2.45) is 11.1 Å². The first-order valence-electron chi connectivity index (χ1n) is 5.17. The summed E-state index contributed by atoms with van der Waals surface area (Å²) in [4.78, 5) is 13.0. The van der Waals surface area contributed by atoms with Gasteiger partial charge in [-0.05, 0) is 35.0 Å². The maximum atomic E-state index is 11.9. The highest BCUT2D eigenvalue weighted by molar-refractivity contribution is 9.10. The predicted molar refractivity (Wildman–Crippen MR) is 71.3 cm³/mol. The molecule has 0 unspecified atom stereocenters. The molecule has 0 atom stereocenters. The second kappa shape index (κ2) is 5.80. The second-order valence-electron chi connectivity index (χ2n) is 4.34. The molecule has 1 rings (SSSR count). The molecule has 0 fully saturated rings. The van der Waals surface area contributed by atoms with Gasteiger partial charge in [-0.3, -0.25) is 4.79 Å². The Kier molecular flexibility index (Phi) is 4.95. The molecule has 1 aromatic rings. The first kappa shape index (κ1) is 13.7. The number of carbonyl (C=O) groups excluding carboxylic acids is 1. The molecule has 5 heteroatoms. The summed E-state index contributed by atoms with van der Waals surface area (Å²) in [6.45, 7) is 4.95. The van der Waals surface area contributed by atoms with E-state index in [1.54, 1.807) is 11.3 Å². The van der Waals surface area contributed by atoms with E-state index in [0.717, 1.165) is 9.35 Å². The number of nitrogens with one attached hydrogen (secondary N) is 1. The number of rotatable bonds is 5. The predicted octanol–water partition coefficient (Wildman–Crippen LogP) is 2.50. The minimum absolute atomic E-state index is 0.0578. The average Bonchev–Trinajstić information content (AvgIpc) is 2.60. The van der Waals surface area contributed by atoms with Crippen LogP contribution in [0.15, 0.2) is 15.9 Å². The van der Waals surface area contributed by atoms with Gasteiger partial charge in [0.15, 0.2) is 0 Å². The smallest absolute Gasteiger partial charge is 0.225 e. The van der Waals surface area contributed by atoms with Gasteiger partial charge in [-0.1, -0.05) is 13.8 Å². The molecule has 0 bridgehead atoms. The Morgan fingerprint density at radius 3 is 2.81 bits per heavy atom. The summed E-state index contributed by atoms with van der Waals surface area (Å²) in [6.07, 6.45) is 0.701. The average molecular weight is 305 g/mol. The molecule has 0 saturated heterocycles. The Labute approximate surface area is 109 Å². The zero-order chi connectivity index (χ0) is 12.2. The fraction of sp³-hybridized carbons (Fsp3) is 0.545. The maximum Gasteiger partial charge on any atom is 0.225 e. The molecule has 16 heavy (non-hydrogen) atoms. The van der Waals surface area contributed by atoms with Gasteiger partial charge in [-0.25, -0.2) is 0 Å². The molecule has 0 radical (unpaired) electrons. The largest absolute Gasteiger partial charge is 0.351 e. The zero-order valence-corrected chi connectivity index (χ0v) is 12.0. The van der Waals surface area contributed by atoms with Crippen LogP contribution >= 0.6 is 27.3 Å². The van der Waals surface area contributed by atoms with Crippen LogP contribution in [0, 0.1) is 5.41 Å². The van der Waals surface area contributed by atoms with Crippen LogP contribution < -0.4 is 11.1 Å². The van der Waals surface area contributed by atoms with Crippen molar-refractivity contribution in [2.75, 3.05) is 6.54 Å². The minimum Gasteiger partial charge on any atom is -0.351 e. The lowest BCUT2D eigenvalue weighted by Gasteiger charge is -2.22. The molecule has 0 saturated carbocycles. The minimum atomic E-state index is -0.386. The summed E-state index contributed by atoms with van der Waals surface area (Å²) in [6, 6.07) is 2.01. The number of thiophene rings is 1. The van der Waals surface area contributed by atoms with E-state index in [4.69, 9.17) is 5.73 Å². The molecule has 1 amide bonds. The van der Waals surface area contributed by atoms with E-state index in [9.17, 15) is 4.79 Å². The fourth-order valence-corrected chi connectivity index (χ4v) is 2.72. The van der Waals surface area contributed by atoms with Crippen LogP contribution in [0.1, 0.15) is 25.1 Å². The molecule has 1 heterocycles. The lowest BCUT2D eigenvalue weighted by atomic mass is 9.88. The molecule has 0 aliphatic carbocycles. The van der Waals surface area contributed by atoms with Crippen molar-refractivity contribution in [3.63, 3.8) is 0 Å². The van der Waals surface area contributed by atoms with Crippen LogP contribution in [-0.2, 0) is 11.3 Å². The highest BCUT2D eigenvalue weighted by Gasteiger charge is 2.26. The van der Waals surface area contributed by atoms with Gasteiger partial charge < -0.3 is 11.1 Å². The van der Waals surface area contributed by atoms with E-state index in [1.807, 2.05) is 25.3 Å². The van der Waals surface area contributed by atoms with Crippen LogP contribution in [0.2, 0.25) is 0 Å². The van der Waals surface area contributed by atoms with E-state index < -0.39 is 0 Å². The van der Waals surface area contributed by atoms with Gasteiger partial charge in [-0.2, -0.15) is 0 Å². The van der Waals surface area contributed by atoms with Crippen LogP contribution in [0.25, 0.3) is 0 Å². The van der Waals surface area contributed by atoms with Gasteiger partial charge in [0.25, 0.3) is 0 Å². The van der Waals surface area contributed by atoms with Crippen LogP contribution in [0.3, 0.4) is 0 Å². The van der Waals surface area contributed by atoms with Crippen molar-refractivity contribution in [2.45, 2.75) is 26.8 Å². The van der Waals surface area contributed by atoms with Gasteiger partial charge in [-0.15, -0.1) is 11.3 Å². The van der Waals surface area contributed by atoms with E-state index in [1.165, 1.54) is 0 Å². The van der Waals surface area contributed by atoms with Crippen molar-refractivity contribution in [3.8, 4) is 0 Å². The van der Waals surface area contributed by atoms with Gasteiger partial charge >= 0.3 is 0 Å². The van der Waals surface area contributed by atoms with E-state index in [0.29, 0.717) is 19.5 Å². The maximum absolute atomic E-state index is 11.9. The molecule has 3 N–H and O–H groups in total. The summed E-state index contributed by atoms with van der Waals surface area (Å²) in [5.74, 6) is 0.0578. The number of amides is 1. The normalized spacial score (nSPS) is 11.5. The highest BCUT2D eigenvalue weighted by atomic mass is 79.9. The number of hydrogen-bond acceptors (Lipinski definition) is 3. The summed E-state index contributed by atoms with van der Waals surface area (Å²) < 4.78 is 1.06. The second-order valence-corrected chi connectivity index (χ2v) is 6.25. The van der Waals surface area contributed by atoms with Crippen molar-refractivity contribution in [1.29, 1.82) is 0 Å².